The SMILES string of the molecule is O=S(=O)(NC1CCCSC1)c1ccc(Cl)c(CO)c1Cl. The number of sulfonamides is 1. The molecule has 0 spiro atoms. The number of benzene rings is 1. The van der Waals surface area contributed by atoms with Crippen LogP contribution in [0.5, 0.6) is 0 Å². The summed E-state index contributed by atoms with van der Waals surface area (Å²) in [6, 6.07) is 2.72. The van der Waals surface area contributed by atoms with Crippen LogP contribution in [0.2, 0.25) is 10.0 Å². The van der Waals surface area contributed by atoms with Crippen molar-refractivity contribution in [2.75, 3.05) is 11.5 Å². The Bertz CT molecular complexity index is 587. The number of hydrogen-bond donors (Lipinski definition) is 2. The Kier molecular flexibility index (Phi) is 5.62. The van der Waals surface area contributed by atoms with Crippen molar-refractivity contribution in [3.8, 4) is 0 Å². The molecule has 1 aromatic carbocycles. The molecule has 0 aromatic heterocycles. The lowest BCUT2D eigenvalue weighted by molar-refractivity contribution is 0.281. The van der Waals surface area contributed by atoms with Gasteiger partial charge in [0.2, 0.25) is 10.0 Å². The second kappa shape index (κ2) is 6.85. The first-order valence-electron chi connectivity index (χ1n) is 6.13. The lowest BCUT2D eigenvalue weighted by Gasteiger charge is -2.22. The van der Waals surface area contributed by atoms with Gasteiger partial charge in [-0.2, -0.15) is 11.8 Å². The first-order valence-corrected chi connectivity index (χ1v) is 9.53. The van der Waals surface area contributed by atoms with E-state index in [1.54, 1.807) is 11.8 Å². The molecule has 1 unspecified atom stereocenters. The topological polar surface area (TPSA) is 66.4 Å². The van der Waals surface area contributed by atoms with E-state index in [9.17, 15) is 13.5 Å². The van der Waals surface area contributed by atoms with Crippen molar-refractivity contribution in [3.05, 3.63) is 27.7 Å². The van der Waals surface area contributed by atoms with E-state index in [0.717, 1.165) is 24.3 Å². The fourth-order valence-corrected chi connectivity index (χ4v) is 5.39. The average Bonchev–Trinajstić information content (AvgIpc) is 2.39. The Morgan fingerprint density at radius 1 is 1.40 bits per heavy atom. The fourth-order valence-electron chi connectivity index (χ4n) is 2.05. The Hall–Kier alpha value is 0.0200. The molecule has 0 bridgehead atoms. The molecule has 1 aliphatic heterocycles. The maximum absolute atomic E-state index is 12.4. The highest BCUT2D eigenvalue weighted by Gasteiger charge is 2.25. The summed E-state index contributed by atoms with van der Waals surface area (Å²) in [6.07, 6.45) is 1.82. The van der Waals surface area contributed by atoms with E-state index in [2.05, 4.69) is 4.72 Å². The highest BCUT2D eigenvalue weighted by atomic mass is 35.5. The third-order valence-corrected chi connectivity index (χ3v) is 6.76. The molecule has 1 heterocycles. The minimum absolute atomic E-state index is 0.0176. The molecular weight excluding hydrogens is 341 g/mol. The van der Waals surface area contributed by atoms with Gasteiger partial charge in [-0.05, 0) is 30.7 Å². The summed E-state index contributed by atoms with van der Waals surface area (Å²) >= 11 is 13.7. The number of nitrogens with one attached hydrogen (secondary N) is 1. The molecule has 20 heavy (non-hydrogen) atoms. The van der Waals surface area contributed by atoms with Gasteiger partial charge in [-0.15, -0.1) is 0 Å². The minimum Gasteiger partial charge on any atom is -0.392 e. The second-order valence-electron chi connectivity index (χ2n) is 4.53. The smallest absolute Gasteiger partial charge is 0.242 e. The van der Waals surface area contributed by atoms with E-state index < -0.39 is 16.6 Å². The van der Waals surface area contributed by atoms with Crippen molar-refractivity contribution in [3.63, 3.8) is 0 Å². The van der Waals surface area contributed by atoms with Gasteiger partial charge in [0, 0.05) is 22.4 Å². The van der Waals surface area contributed by atoms with E-state index in [-0.39, 0.29) is 26.5 Å². The molecule has 1 fully saturated rings. The number of aliphatic hydroxyl groups is 1. The highest BCUT2D eigenvalue weighted by molar-refractivity contribution is 7.99. The molecule has 1 aliphatic rings. The summed E-state index contributed by atoms with van der Waals surface area (Å²) in [7, 11) is -3.70. The predicted octanol–water partition coefficient (Wildman–Crippen LogP) is 2.66. The zero-order valence-electron chi connectivity index (χ0n) is 10.6. The normalized spacial score (nSPS) is 20.1. The zero-order chi connectivity index (χ0) is 14.8. The van der Waals surface area contributed by atoms with Crippen LogP contribution in [0, 0.1) is 0 Å². The zero-order valence-corrected chi connectivity index (χ0v) is 13.7. The van der Waals surface area contributed by atoms with E-state index in [0.29, 0.717) is 0 Å². The molecule has 0 aliphatic carbocycles. The Balaban J connectivity index is 2.29. The van der Waals surface area contributed by atoms with Gasteiger partial charge in [0.05, 0.1) is 11.6 Å². The van der Waals surface area contributed by atoms with Crippen LogP contribution < -0.4 is 4.72 Å². The van der Waals surface area contributed by atoms with Gasteiger partial charge in [-0.25, -0.2) is 13.1 Å². The molecule has 1 atom stereocenters. The van der Waals surface area contributed by atoms with Crippen molar-refractivity contribution in [1.82, 2.24) is 4.72 Å². The summed E-state index contributed by atoms with van der Waals surface area (Å²) < 4.78 is 27.4. The van der Waals surface area contributed by atoms with Crippen LogP contribution in [0.3, 0.4) is 0 Å². The summed E-state index contributed by atoms with van der Waals surface area (Å²) in [4.78, 5) is -0.0387. The Labute approximate surface area is 132 Å². The van der Waals surface area contributed by atoms with Crippen LogP contribution in [0.1, 0.15) is 18.4 Å². The number of halogens is 2. The summed E-state index contributed by atoms with van der Waals surface area (Å²) in [6.45, 7) is -0.402. The third kappa shape index (κ3) is 3.61. The van der Waals surface area contributed by atoms with Crippen molar-refractivity contribution in [1.29, 1.82) is 0 Å². The monoisotopic (exact) mass is 355 g/mol. The van der Waals surface area contributed by atoms with E-state index in [1.807, 2.05) is 0 Å². The molecule has 0 radical (unpaired) electrons. The molecule has 112 valence electrons. The lowest BCUT2D eigenvalue weighted by Crippen LogP contribution is -2.38. The van der Waals surface area contributed by atoms with Gasteiger partial charge in [0.15, 0.2) is 0 Å². The quantitative estimate of drug-likeness (QED) is 0.871. The maximum atomic E-state index is 12.4. The number of rotatable bonds is 4. The van der Waals surface area contributed by atoms with E-state index in [4.69, 9.17) is 23.2 Å². The molecule has 8 heteroatoms. The first kappa shape index (κ1) is 16.4. The van der Waals surface area contributed by atoms with Crippen LogP contribution >= 0.6 is 35.0 Å². The lowest BCUT2D eigenvalue weighted by atomic mass is 10.2. The second-order valence-corrected chi connectivity index (χ2v) is 8.15. The van der Waals surface area contributed by atoms with Crippen molar-refractivity contribution in [2.24, 2.45) is 0 Å². The van der Waals surface area contributed by atoms with Crippen LogP contribution in [0.15, 0.2) is 17.0 Å². The van der Waals surface area contributed by atoms with Crippen LogP contribution in [-0.2, 0) is 16.6 Å². The number of hydrogen-bond acceptors (Lipinski definition) is 4. The Morgan fingerprint density at radius 3 is 2.75 bits per heavy atom. The maximum Gasteiger partial charge on any atom is 0.242 e. The van der Waals surface area contributed by atoms with Gasteiger partial charge < -0.3 is 5.11 Å². The van der Waals surface area contributed by atoms with E-state index >= 15 is 0 Å². The predicted molar refractivity (Wildman–Crippen MR) is 83.1 cm³/mol. The van der Waals surface area contributed by atoms with Crippen molar-refractivity contribution < 1.29 is 13.5 Å². The Morgan fingerprint density at radius 2 is 2.15 bits per heavy atom. The van der Waals surface area contributed by atoms with Gasteiger partial charge in [0.1, 0.15) is 4.90 Å². The molecule has 0 saturated carbocycles. The number of thioether (sulfide) groups is 1. The molecule has 0 amide bonds. The summed E-state index contributed by atoms with van der Waals surface area (Å²) in [5.74, 6) is 1.83. The molecule has 1 saturated heterocycles. The highest BCUT2D eigenvalue weighted by Crippen LogP contribution is 2.31. The van der Waals surface area contributed by atoms with Crippen molar-refractivity contribution >= 4 is 45.0 Å². The van der Waals surface area contributed by atoms with Gasteiger partial charge in [-0.1, -0.05) is 23.2 Å². The third-order valence-electron chi connectivity index (χ3n) is 3.08. The standard InChI is InChI=1S/C12H15Cl2NO3S2/c13-10-3-4-11(12(14)9(10)6-16)20(17,18)15-8-2-1-5-19-7-8/h3-4,8,15-16H,1-2,5-7H2. The summed E-state index contributed by atoms with van der Waals surface area (Å²) in [5, 5.41) is 9.46. The van der Waals surface area contributed by atoms with Crippen molar-refractivity contribution in [2.45, 2.75) is 30.4 Å². The van der Waals surface area contributed by atoms with Crippen LogP contribution in [0.4, 0.5) is 0 Å². The summed E-state index contributed by atoms with van der Waals surface area (Å²) in [5.41, 5.74) is 0.231. The number of aliphatic hydroxyl groups excluding tert-OH is 1. The molecular formula is C12H15Cl2NO3S2. The largest absolute Gasteiger partial charge is 0.392 e. The minimum atomic E-state index is -3.70. The first-order chi connectivity index (χ1) is 9.45. The van der Waals surface area contributed by atoms with Crippen LogP contribution in [0.25, 0.3) is 0 Å². The van der Waals surface area contributed by atoms with Crippen LogP contribution in [-0.4, -0.2) is 31.1 Å². The van der Waals surface area contributed by atoms with E-state index in [1.165, 1.54) is 12.1 Å². The molecule has 4 nitrogen and oxygen atoms in total. The molecule has 1 aromatic rings. The average molecular weight is 356 g/mol. The fraction of sp³-hybridized carbons (Fsp3) is 0.500. The molecule has 2 rings (SSSR count). The van der Waals surface area contributed by atoms with Gasteiger partial charge in [0.25, 0.3) is 0 Å². The van der Waals surface area contributed by atoms with Gasteiger partial charge in [-0.3, -0.25) is 0 Å². The molecule has 2 N–H and O–H groups in total. The van der Waals surface area contributed by atoms with Gasteiger partial charge >= 0.3 is 0 Å².